The van der Waals surface area contributed by atoms with Gasteiger partial charge < -0.3 is 4.74 Å². The summed E-state index contributed by atoms with van der Waals surface area (Å²) in [6, 6.07) is 7.96. The predicted octanol–water partition coefficient (Wildman–Crippen LogP) is 4.24. The number of alkyl halides is 1. The summed E-state index contributed by atoms with van der Waals surface area (Å²) in [6.07, 6.45) is 2.42. The smallest absolute Gasteiger partial charge is 0.123 e. The van der Waals surface area contributed by atoms with Crippen molar-refractivity contribution in [3.8, 4) is 5.75 Å². The summed E-state index contributed by atoms with van der Waals surface area (Å²) in [5.41, 5.74) is 1.07. The maximum absolute atomic E-state index is 5.83. The van der Waals surface area contributed by atoms with Crippen molar-refractivity contribution in [1.29, 1.82) is 0 Å². The number of para-hydroxylation sites is 1. The zero-order chi connectivity index (χ0) is 11.1. The third-order valence-electron chi connectivity index (χ3n) is 2.42. The highest BCUT2D eigenvalue weighted by molar-refractivity contribution is 6.17. The summed E-state index contributed by atoms with van der Waals surface area (Å²) < 4.78 is 5.76. The van der Waals surface area contributed by atoms with Gasteiger partial charge in [-0.2, -0.15) is 0 Å². The van der Waals surface area contributed by atoms with Gasteiger partial charge in [-0.3, -0.25) is 0 Å². The number of hydrogen-bond donors (Lipinski definition) is 0. The summed E-state index contributed by atoms with van der Waals surface area (Å²) in [5.74, 6) is 2.05. The highest BCUT2D eigenvalue weighted by Gasteiger charge is 2.04. The Morgan fingerprint density at radius 1 is 1.33 bits per heavy atom. The molecule has 0 radical (unpaired) electrons. The third-order valence-corrected chi connectivity index (χ3v) is 2.71. The van der Waals surface area contributed by atoms with Crippen LogP contribution in [0.1, 0.15) is 32.3 Å². The molecule has 0 aliphatic heterocycles. The van der Waals surface area contributed by atoms with E-state index in [1.807, 2.05) is 24.3 Å². The van der Waals surface area contributed by atoms with Crippen molar-refractivity contribution in [2.75, 3.05) is 6.61 Å². The van der Waals surface area contributed by atoms with Crippen molar-refractivity contribution in [3.05, 3.63) is 29.8 Å². The first kappa shape index (κ1) is 12.4. The molecule has 0 saturated carbocycles. The fourth-order valence-corrected chi connectivity index (χ4v) is 1.78. The van der Waals surface area contributed by atoms with Crippen LogP contribution >= 0.6 is 11.6 Å². The number of ether oxygens (including phenoxy) is 1. The lowest BCUT2D eigenvalue weighted by atomic mass is 10.1. The maximum Gasteiger partial charge on any atom is 0.123 e. The summed E-state index contributed by atoms with van der Waals surface area (Å²) in [5, 5.41) is 0. The number of rotatable bonds is 6. The zero-order valence-electron chi connectivity index (χ0n) is 9.50. The van der Waals surface area contributed by atoms with Gasteiger partial charge in [-0.1, -0.05) is 38.5 Å². The highest BCUT2D eigenvalue weighted by Crippen LogP contribution is 2.20. The Morgan fingerprint density at radius 3 is 2.73 bits per heavy atom. The molecule has 0 aliphatic carbocycles. The van der Waals surface area contributed by atoms with Gasteiger partial charge >= 0.3 is 0 Å². The molecule has 0 aliphatic rings. The summed E-state index contributed by atoms with van der Waals surface area (Å²) in [7, 11) is 0. The van der Waals surface area contributed by atoms with Gasteiger partial charge in [0.2, 0.25) is 0 Å². The highest BCUT2D eigenvalue weighted by atomic mass is 35.5. The van der Waals surface area contributed by atoms with E-state index in [0.717, 1.165) is 17.9 Å². The molecule has 1 aromatic carbocycles. The van der Waals surface area contributed by atoms with Crippen LogP contribution in [0, 0.1) is 5.92 Å². The number of halogens is 1. The molecule has 1 rings (SSSR count). The van der Waals surface area contributed by atoms with Crippen LogP contribution in [0.4, 0.5) is 0 Å². The van der Waals surface area contributed by atoms with E-state index in [1.54, 1.807) is 0 Å². The lowest BCUT2D eigenvalue weighted by Crippen LogP contribution is -2.09. The Kier molecular flexibility index (Phi) is 5.56. The summed E-state index contributed by atoms with van der Waals surface area (Å²) in [6.45, 7) is 5.19. The molecule has 0 aromatic heterocycles. The fraction of sp³-hybridized carbons (Fsp3) is 0.538. The second-order valence-corrected chi connectivity index (χ2v) is 4.21. The van der Waals surface area contributed by atoms with Gasteiger partial charge in [-0.15, -0.1) is 11.6 Å². The van der Waals surface area contributed by atoms with E-state index >= 15 is 0 Å². The molecule has 1 unspecified atom stereocenters. The van der Waals surface area contributed by atoms with Gasteiger partial charge in [0.05, 0.1) is 12.5 Å². The van der Waals surface area contributed by atoms with E-state index in [4.69, 9.17) is 16.3 Å². The third kappa shape index (κ3) is 4.13. The molecule has 0 fully saturated rings. The van der Waals surface area contributed by atoms with Crippen molar-refractivity contribution in [3.63, 3.8) is 0 Å². The van der Waals surface area contributed by atoms with Crippen LogP contribution < -0.4 is 4.74 Å². The maximum atomic E-state index is 5.83. The first-order valence-electron chi connectivity index (χ1n) is 5.54. The molecule has 0 saturated heterocycles. The van der Waals surface area contributed by atoms with Crippen molar-refractivity contribution < 1.29 is 4.74 Å². The average Bonchev–Trinajstić information content (AvgIpc) is 2.27. The van der Waals surface area contributed by atoms with E-state index in [-0.39, 0.29) is 0 Å². The van der Waals surface area contributed by atoms with Crippen LogP contribution in [-0.2, 0) is 5.88 Å². The minimum absolute atomic E-state index is 0.512. The quantitative estimate of drug-likeness (QED) is 0.660. The number of benzene rings is 1. The SMILES string of the molecule is CCCC(C)COc1ccccc1CCl. The molecule has 1 nitrogen and oxygen atoms in total. The molecule has 0 N–H and O–H groups in total. The van der Waals surface area contributed by atoms with Crippen LogP contribution in [0.25, 0.3) is 0 Å². The van der Waals surface area contributed by atoms with Gasteiger partial charge in [0.25, 0.3) is 0 Å². The molecular formula is C13H19ClO. The van der Waals surface area contributed by atoms with E-state index in [2.05, 4.69) is 13.8 Å². The first-order valence-corrected chi connectivity index (χ1v) is 6.08. The van der Waals surface area contributed by atoms with Gasteiger partial charge in [0.1, 0.15) is 5.75 Å². The second-order valence-electron chi connectivity index (χ2n) is 3.95. The largest absolute Gasteiger partial charge is 0.493 e. The lowest BCUT2D eigenvalue weighted by molar-refractivity contribution is 0.250. The predicted molar refractivity (Wildman–Crippen MR) is 65.6 cm³/mol. The van der Waals surface area contributed by atoms with Crippen LogP contribution in [0.5, 0.6) is 5.75 Å². The molecule has 0 heterocycles. The Bertz CT molecular complexity index is 286. The van der Waals surface area contributed by atoms with Gasteiger partial charge in [-0.25, -0.2) is 0 Å². The summed E-state index contributed by atoms with van der Waals surface area (Å²) >= 11 is 5.83. The van der Waals surface area contributed by atoms with Crippen molar-refractivity contribution in [1.82, 2.24) is 0 Å². The Balaban J connectivity index is 2.49. The first-order chi connectivity index (χ1) is 7.27. The monoisotopic (exact) mass is 226 g/mol. The fourth-order valence-electron chi connectivity index (χ4n) is 1.56. The minimum Gasteiger partial charge on any atom is -0.493 e. The molecule has 0 spiro atoms. The van der Waals surface area contributed by atoms with E-state index in [9.17, 15) is 0 Å². The van der Waals surface area contributed by atoms with Crippen LogP contribution in [0.2, 0.25) is 0 Å². The zero-order valence-corrected chi connectivity index (χ0v) is 10.3. The summed E-state index contributed by atoms with van der Waals surface area (Å²) in [4.78, 5) is 0. The van der Waals surface area contributed by atoms with Gasteiger partial charge in [0.15, 0.2) is 0 Å². The van der Waals surface area contributed by atoms with Gasteiger partial charge in [-0.05, 0) is 18.4 Å². The molecule has 84 valence electrons. The number of hydrogen-bond acceptors (Lipinski definition) is 1. The molecule has 1 aromatic rings. The molecular weight excluding hydrogens is 208 g/mol. The van der Waals surface area contributed by atoms with Crippen LogP contribution in [0.15, 0.2) is 24.3 Å². The second kappa shape index (κ2) is 6.73. The topological polar surface area (TPSA) is 9.23 Å². The Labute approximate surface area is 97.4 Å². The normalized spacial score (nSPS) is 12.5. The average molecular weight is 227 g/mol. The van der Waals surface area contributed by atoms with E-state index in [1.165, 1.54) is 12.8 Å². The Hall–Kier alpha value is -0.690. The van der Waals surface area contributed by atoms with Gasteiger partial charge in [0, 0.05) is 5.56 Å². The minimum atomic E-state index is 0.512. The molecule has 0 amide bonds. The standard InChI is InChI=1S/C13H19ClO/c1-3-6-11(2)10-15-13-8-5-4-7-12(13)9-14/h4-5,7-8,11H,3,6,9-10H2,1-2H3. The van der Waals surface area contributed by atoms with Crippen molar-refractivity contribution in [2.45, 2.75) is 32.6 Å². The molecule has 1 atom stereocenters. The Morgan fingerprint density at radius 2 is 2.07 bits per heavy atom. The molecule has 15 heavy (non-hydrogen) atoms. The van der Waals surface area contributed by atoms with Crippen LogP contribution in [-0.4, -0.2) is 6.61 Å². The van der Waals surface area contributed by atoms with Crippen molar-refractivity contribution >= 4 is 11.6 Å². The van der Waals surface area contributed by atoms with Crippen LogP contribution in [0.3, 0.4) is 0 Å². The molecule has 0 bridgehead atoms. The lowest BCUT2D eigenvalue weighted by Gasteiger charge is -2.14. The molecule has 2 heteroatoms. The van der Waals surface area contributed by atoms with E-state index in [0.29, 0.717) is 11.8 Å². The van der Waals surface area contributed by atoms with Crippen molar-refractivity contribution in [2.24, 2.45) is 5.92 Å². The van der Waals surface area contributed by atoms with E-state index < -0.39 is 0 Å².